The average Bonchev–Trinajstić information content (AvgIpc) is 3.07. The lowest BCUT2D eigenvalue weighted by Crippen LogP contribution is -2.50. The minimum atomic E-state index is -0.0400. The Bertz CT molecular complexity index is 552. The molecule has 0 aliphatic carbocycles. The number of nitrogens with one attached hydrogen (secondary N) is 1. The molecule has 3 heterocycles. The quantitative estimate of drug-likeness (QED) is 0.878. The van der Waals surface area contributed by atoms with Crippen molar-refractivity contribution in [2.24, 2.45) is 0 Å². The number of nitrogens with zero attached hydrogens (tertiary/aromatic N) is 3. The van der Waals surface area contributed by atoms with E-state index in [0.717, 1.165) is 44.7 Å². The first-order valence-electron chi connectivity index (χ1n) is 8.84. The molecule has 0 spiro atoms. The Morgan fingerprint density at radius 3 is 2.79 bits per heavy atom. The van der Waals surface area contributed by atoms with Gasteiger partial charge in [-0.15, -0.1) is 0 Å². The lowest BCUT2D eigenvalue weighted by atomic mass is 10.1. The Labute approximate surface area is 143 Å². The lowest BCUT2D eigenvalue weighted by Gasteiger charge is -2.38. The molecule has 0 aromatic carbocycles. The van der Waals surface area contributed by atoms with Gasteiger partial charge in [-0.3, -0.25) is 19.9 Å². The Morgan fingerprint density at radius 2 is 2.12 bits per heavy atom. The molecule has 7 heteroatoms. The fraction of sp³-hybridized carbons (Fsp3) is 0.765. The maximum atomic E-state index is 12.2. The summed E-state index contributed by atoms with van der Waals surface area (Å²) in [7, 11) is 0. The molecule has 0 radical (unpaired) electrons. The third kappa shape index (κ3) is 4.55. The molecule has 24 heavy (non-hydrogen) atoms. The van der Waals surface area contributed by atoms with E-state index in [9.17, 15) is 4.79 Å². The first-order chi connectivity index (χ1) is 11.5. The van der Waals surface area contributed by atoms with Crippen molar-refractivity contribution in [1.29, 1.82) is 0 Å². The summed E-state index contributed by atoms with van der Waals surface area (Å²) in [6.07, 6.45) is 2.85. The van der Waals surface area contributed by atoms with E-state index in [1.54, 1.807) is 6.07 Å². The van der Waals surface area contributed by atoms with E-state index in [4.69, 9.17) is 9.26 Å². The lowest BCUT2D eigenvalue weighted by molar-refractivity contribution is -0.118. The number of aryl methyl sites for hydroxylation is 1. The average molecular weight is 336 g/mol. The van der Waals surface area contributed by atoms with Crippen LogP contribution in [0.1, 0.15) is 32.4 Å². The van der Waals surface area contributed by atoms with Crippen LogP contribution in [0.3, 0.4) is 0 Å². The van der Waals surface area contributed by atoms with Gasteiger partial charge in [0.15, 0.2) is 0 Å². The molecule has 3 rings (SSSR count). The summed E-state index contributed by atoms with van der Waals surface area (Å²) in [5, 5.41) is 6.57. The van der Waals surface area contributed by atoms with Gasteiger partial charge in [-0.2, -0.15) is 0 Å². The summed E-state index contributed by atoms with van der Waals surface area (Å²) in [5.74, 6) is 0.380. The highest BCUT2D eigenvalue weighted by Gasteiger charge is 2.30. The smallest absolute Gasteiger partial charge is 0.240 e. The fourth-order valence-corrected chi connectivity index (χ4v) is 3.83. The zero-order valence-electron chi connectivity index (χ0n) is 14.8. The van der Waals surface area contributed by atoms with Gasteiger partial charge < -0.3 is 9.26 Å². The molecule has 1 N–H and O–H groups in total. The van der Waals surface area contributed by atoms with Crippen LogP contribution >= 0.6 is 0 Å². The fourth-order valence-electron chi connectivity index (χ4n) is 3.83. The van der Waals surface area contributed by atoms with Crippen LogP contribution in [-0.2, 0) is 9.53 Å². The van der Waals surface area contributed by atoms with E-state index in [-0.39, 0.29) is 18.1 Å². The van der Waals surface area contributed by atoms with Crippen LogP contribution in [0.2, 0.25) is 0 Å². The molecular weight excluding hydrogens is 308 g/mol. The van der Waals surface area contributed by atoms with Crippen LogP contribution in [0, 0.1) is 6.92 Å². The number of likely N-dealkylation sites (tertiary alicyclic amines) is 1. The number of morpholine rings is 1. The normalized spacial score (nSPS) is 29.0. The van der Waals surface area contributed by atoms with Crippen LogP contribution < -0.4 is 5.32 Å². The van der Waals surface area contributed by atoms with E-state index in [0.29, 0.717) is 18.5 Å². The van der Waals surface area contributed by atoms with E-state index in [1.165, 1.54) is 0 Å². The van der Waals surface area contributed by atoms with Gasteiger partial charge in [0.1, 0.15) is 0 Å². The number of amides is 1. The Morgan fingerprint density at radius 1 is 1.38 bits per heavy atom. The number of hydrogen-bond donors (Lipinski definition) is 1. The van der Waals surface area contributed by atoms with Crippen molar-refractivity contribution in [2.75, 3.05) is 38.0 Å². The molecule has 0 unspecified atom stereocenters. The first kappa shape index (κ1) is 17.4. The molecule has 0 saturated carbocycles. The topological polar surface area (TPSA) is 70.8 Å². The molecular formula is C17H28N4O3. The van der Waals surface area contributed by atoms with Crippen LogP contribution in [-0.4, -0.2) is 71.8 Å². The maximum absolute atomic E-state index is 12.2. The predicted octanol–water partition coefficient (Wildman–Crippen LogP) is 1.50. The van der Waals surface area contributed by atoms with E-state index >= 15 is 0 Å². The molecule has 2 fully saturated rings. The van der Waals surface area contributed by atoms with Crippen molar-refractivity contribution in [2.45, 2.75) is 51.9 Å². The highest BCUT2D eigenvalue weighted by molar-refractivity contribution is 5.91. The molecule has 2 aliphatic rings. The number of ether oxygens (including phenoxy) is 1. The number of aromatic nitrogens is 1. The summed E-state index contributed by atoms with van der Waals surface area (Å²) >= 11 is 0. The van der Waals surface area contributed by atoms with Gasteiger partial charge in [0.25, 0.3) is 0 Å². The van der Waals surface area contributed by atoms with Crippen molar-refractivity contribution in [3.63, 3.8) is 0 Å². The summed E-state index contributed by atoms with van der Waals surface area (Å²) in [6.45, 7) is 10.4. The van der Waals surface area contributed by atoms with Crippen LogP contribution in [0.4, 0.5) is 5.88 Å². The number of rotatable bonds is 5. The number of anilines is 1. The largest absolute Gasteiger partial charge is 0.373 e. The molecule has 2 aliphatic heterocycles. The van der Waals surface area contributed by atoms with Crippen LogP contribution in [0.15, 0.2) is 10.6 Å². The van der Waals surface area contributed by atoms with Gasteiger partial charge in [0.2, 0.25) is 11.8 Å². The molecule has 1 aromatic heterocycles. The summed E-state index contributed by atoms with van der Waals surface area (Å²) in [6, 6.07) is 2.17. The minimum Gasteiger partial charge on any atom is -0.373 e. The Hall–Kier alpha value is -1.44. The van der Waals surface area contributed by atoms with Crippen molar-refractivity contribution in [3.05, 3.63) is 11.8 Å². The van der Waals surface area contributed by atoms with Gasteiger partial charge in [-0.05, 0) is 40.2 Å². The maximum Gasteiger partial charge on any atom is 0.240 e. The second kappa shape index (κ2) is 7.63. The summed E-state index contributed by atoms with van der Waals surface area (Å²) in [5.41, 5.74) is 0.764. The van der Waals surface area contributed by atoms with Crippen molar-refractivity contribution in [3.8, 4) is 0 Å². The highest BCUT2D eigenvalue weighted by atomic mass is 16.5. The second-order valence-electron chi connectivity index (χ2n) is 7.12. The van der Waals surface area contributed by atoms with Gasteiger partial charge in [0.05, 0.1) is 24.4 Å². The van der Waals surface area contributed by atoms with Crippen LogP contribution in [0.5, 0.6) is 0 Å². The monoisotopic (exact) mass is 336 g/mol. The van der Waals surface area contributed by atoms with Gasteiger partial charge in [-0.25, -0.2) is 0 Å². The zero-order valence-corrected chi connectivity index (χ0v) is 14.8. The third-order valence-electron chi connectivity index (χ3n) is 4.70. The predicted molar refractivity (Wildman–Crippen MR) is 90.9 cm³/mol. The molecule has 134 valence electrons. The number of carbonyl (C=O) groups excluding carboxylic acids is 1. The second-order valence-corrected chi connectivity index (χ2v) is 7.12. The molecule has 2 saturated heterocycles. The minimum absolute atomic E-state index is 0.0400. The Kier molecular flexibility index (Phi) is 5.53. The van der Waals surface area contributed by atoms with E-state index in [2.05, 4.69) is 34.1 Å². The zero-order chi connectivity index (χ0) is 17.1. The molecule has 1 aromatic rings. The van der Waals surface area contributed by atoms with E-state index in [1.807, 2.05) is 6.92 Å². The van der Waals surface area contributed by atoms with Crippen molar-refractivity contribution >= 4 is 11.8 Å². The summed E-state index contributed by atoms with van der Waals surface area (Å²) < 4.78 is 10.9. The first-order valence-corrected chi connectivity index (χ1v) is 8.84. The molecule has 3 atom stereocenters. The molecule has 1 amide bonds. The van der Waals surface area contributed by atoms with Gasteiger partial charge >= 0.3 is 0 Å². The van der Waals surface area contributed by atoms with Gasteiger partial charge in [0, 0.05) is 31.7 Å². The standard InChI is InChI=1S/C17H28N4O3/c1-12-7-17(24-19-12)18-16(22)11-21-6-4-5-15(21)10-20-8-13(2)23-14(3)9-20/h7,13-15H,4-6,8-11H2,1-3H3,(H,18,22)/t13-,14+,15-/m0/s1. The SMILES string of the molecule is Cc1cc(NC(=O)CN2CCC[C@H]2CN2C[C@@H](C)O[C@@H](C)C2)on1. The number of carbonyl (C=O) groups is 1. The Balaban J connectivity index is 1.50. The number of hydrogen-bond acceptors (Lipinski definition) is 6. The van der Waals surface area contributed by atoms with Gasteiger partial charge in [-0.1, -0.05) is 5.16 Å². The third-order valence-corrected chi connectivity index (χ3v) is 4.70. The molecule has 0 bridgehead atoms. The highest BCUT2D eigenvalue weighted by Crippen LogP contribution is 2.20. The van der Waals surface area contributed by atoms with Crippen molar-refractivity contribution < 1.29 is 14.1 Å². The molecule has 7 nitrogen and oxygen atoms in total. The van der Waals surface area contributed by atoms with Crippen LogP contribution in [0.25, 0.3) is 0 Å². The summed E-state index contributed by atoms with van der Waals surface area (Å²) in [4.78, 5) is 17.0. The van der Waals surface area contributed by atoms with Crippen molar-refractivity contribution in [1.82, 2.24) is 15.0 Å². The van der Waals surface area contributed by atoms with E-state index < -0.39 is 0 Å².